The van der Waals surface area contributed by atoms with Crippen molar-refractivity contribution in [2.45, 2.75) is 0 Å². The number of benzene rings is 2. The average molecular weight is 318 g/mol. The van der Waals surface area contributed by atoms with Crippen LogP contribution in [0.15, 0.2) is 41.5 Å². The standard InChI is InChI=1S/C15H11ClN2O4/c16-12-5-9(6-13-14(12)22-8-21-13)7-17-18-11-3-1-10(2-4-11)15(19)20/h1-7,18H,8H2,(H,19,20)/p-1/b17-7-. The van der Waals surface area contributed by atoms with Gasteiger partial charge in [-0.1, -0.05) is 23.7 Å². The van der Waals surface area contributed by atoms with Crippen LogP contribution in [0.3, 0.4) is 0 Å². The van der Waals surface area contributed by atoms with Crippen molar-refractivity contribution >= 4 is 29.5 Å². The third-order valence-electron chi connectivity index (χ3n) is 2.98. The summed E-state index contributed by atoms with van der Waals surface area (Å²) >= 11 is 6.07. The van der Waals surface area contributed by atoms with Crippen molar-refractivity contribution in [1.29, 1.82) is 0 Å². The van der Waals surface area contributed by atoms with Crippen molar-refractivity contribution in [3.63, 3.8) is 0 Å². The number of nitrogens with zero attached hydrogens (tertiary/aromatic N) is 1. The summed E-state index contributed by atoms with van der Waals surface area (Å²) in [7, 11) is 0. The summed E-state index contributed by atoms with van der Waals surface area (Å²) in [4.78, 5) is 10.6. The van der Waals surface area contributed by atoms with E-state index in [1.54, 1.807) is 30.5 Å². The first-order valence-corrected chi connectivity index (χ1v) is 6.71. The van der Waals surface area contributed by atoms with Crippen LogP contribution in [0.5, 0.6) is 11.5 Å². The summed E-state index contributed by atoms with van der Waals surface area (Å²) in [6.07, 6.45) is 1.57. The quantitative estimate of drug-likeness (QED) is 0.687. The maximum absolute atomic E-state index is 10.6. The van der Waals surface area contributed by atoms with E-state index in [4.69, 9.17) is 21.1 Å². The molecule has 2 aromatic rings. The van der Waals surface area contributed by atoms with Gasteiger partial charge in [0, 0.05) is 0 Å². The van der Waals surface area contributed by atoms with Crippen molar-refractivity contribution in [3.05, 3.63) is 52.5 Å². The average Bonchev–Trinajstić information content (AvgIpc) is 2.97. The molecule has 0 saturated carbocycles. The molecule has 1 N–H and O–H groups in total. The van der Waals surface area contributed by atoms with Crippen LogP contribution in [-0.4, -0.2) is 19.0 Å². The molecule has 0 atom stereocenters. The lowest BCUT2D eigenvalue weighted by atomic mass is 10.2. The van der Waals surface area contributed by atoms with Crippen molar-refractivity contribution in [3.8, 4) is 11.5 Å². The lowest BCUT2D eigenvalue weighted by Gasteiger charge is -2.04. The molecule has 0 fully saturated rings. The second-order valence-electron chi connectivity index (χ2n) is 4.47. The van der Waals surface area contributed by atoms with E-state index in [-0.39, 0.29) is 12.4 Å². The summed E-state index contributed by atoms with van der Waals surface area (Å²) in [5, 5.41) is 15.2. The fourth-order valence-electron chi connectivity index (χ4n) is 1.92. The summed E-state index contributed by atoms with van der Waals surface area (Å²) in [6.45, 7) is 0.151. The number of carboxylic acids is 1. The number of aromatic carboxylic acids is 1. The second-order valence-corrected chi connectivity index (χ2v) is 4.88. The molecule has 7 heteroatoms. The molecule has 0 saturated heterocycles. The first-order valence-electron chi connectivity index (χ1n) is 6.33. The smallest absolute Gasteiger partial charge is 0.231 e. The number of carbonyl (C=O) groups excluding carboxylic acids is 1. The molecular weight excluding hydrogens is 308 g/mol. The van der Waals surface area contributed by atoms with Crippen LogP contribution >= 0.6 is 11.6 Å². The van der Waals surface area contributed by atoms with E-state index in [9.17, 15) is 9.90 Å². The van der Waals surface area contributed by atoms with E-state index in [0.717, 1.165) is 5.56 Å². The molecule has 0 spiro atoms. The minimum absolute atomic E-state index is 0.108. The van der Waals surface area contributed by atoms with Crippen LogP contribution in [0.25, 0.3) is 0 Å². The molecule has 0 aliphatic carbocycles. The predicted octanol–water partition coefficient (Wildman–Crippen LogP) is 1.88. The Balaban J connectivity index is 1.70. The van der Waals surface area contributed by atoms with Gasteiger partial charge in [-0.15, -0.1) is 0 Å². The predicted molar refractivity (Wildman–Crippen MR) is 79.6 cm³/mol. The van der Waals surface area contributed by atoms with Gasteiger partial charge in [-0.2, -0.15) is 5.10 Å². The van der Waals surface area contributed by atoms with E-state index in [2.05, 4.69) is 10.5 Å². The van der Waals surface area contributed by atoms with Crippen LogP contribution < -0.4 is 20.0 Å². The van der Waals surface area contributed by atoms with E-state index in [1.807, 2.05) is 0 Å². The van der Waals surface area contributed by atoms with Gasteiger partial charge in [-0.05, 0) is 35.4 Å². The van der Waals surface area contributed by atoms with Gasteiger partial charge in [0.1, 0.15) is 0 Å². The van der Waals surface area contributed by atoms with E-state index < -0.39 is 5.97 Å². The first-order chi connectivity index (χ1) is 10.6. The number of rotatable bonds is 4. The molecule has 0 radical (unpaired) electrons. The Bertz CT molecular complexity index is 744. The molecule has 2 aromatic carbocycles. The summed E-state index contributed by atoms with van der Waals surface area (Å²) < 4.78 is 10.5. The highest BCUT2D eigenvalue weighted by Crippen LogP contribution is 2.39. The molecule has 1 heterocycles. The minimum atomic E-state index is -1.22. The van der Waals surface area contributed by atoms with E-state index in [1.165, 1.54) is 12.1 Å². The molecule has 0 aromatic heterocycles. The maximum Gasteiger partial charge on any atom is 0.231 e. The number of nitrogens with one attached hydrogen (secondary N) is 1. The second kappa shape index (κ2) is 5.95. The molecule has 112 valence electrons. The third kappa shape index (κ3) is 2.96. The van der Waals surface area contributed by atoms with Gasteiger partial charge < -0.3 is 19.4 Å². The van der Waals surface area contributed by atoms with Gasteiger partial charge in [0.2, 0.25) is 6.79 Å². The van der Waals surface area contributed by atoms with Gasteiger partial charge in [-0.3, -0.25) is 5.43 Å². The van der Waals surface area contributed by atoms with Gasteiger partial charge >= 0.3 is 0 Å². The van der Waals surface area contributed by atoms with Crippen molar-refractivity contribution < 1.29 is 19.4 Å². The molecular formula is C15H10ClN2O4-. The molecule has 0 bridgehead atoms. The van der Waals surface area contributed by atoms with E-state index in [0.29, 0.717) is 22.2 Å². The Hall–Kier alpha value is -2.73. The zero-order valence-electron chi connectivity index (χ0n) is 11.2. The summed E-state index contributed by atoms with van der Waals surface area (Å²) in [6, 6.07) is 9.53. The number of halogens is 1. The topological polar surface area (TPSA) is 83.0 Å². The first kappa shape index (κ1) is 14.2. The van der Waals surface area contributed by atoms with Gasteiger partial charge in [0.15, 0.2) is 11.5 Å². The highest BCUT2D eigenvalue weighted by atomic mass is 35.5. The number of hydrogen-bond donors (Lipinski definition) is 1. The lowest BCUT2D eigenvalue weighted by molar-refractivity contribution is -0.255. The normalized spacial score (nSPS) is 12.6. The van der Waals surface area contributed by atoms with E-state index >= 15 is 0 Å². The minimum Gasteiger partial charge on any atom is -0.545 e. The zero-order chi connectivity index (χ0) is 15.5. The number of fused-ring (bicyclic) bond motifs is 1. The van der Waals surface area contributed by atoms with Crippen LogP contribution in [0.1, 0.15) is 15.9 Å². The van der Waals surface area contributed by atoms with Crippen LogP contribution in [0, 0.1) is 0 Å². The number of hydrogen-bond acceptors (Lipinski definition) is 6. The van der Waals surface area contributed by atoms with Crippen molar-refractivity contribution in [2.24, 2.45) is 5.10 Å². The Kier molecular flexibility index (Phi) is 3.84. The largest absolute Gasteiger partial charge is 0.545 e. The number of carbonyl (C=O) groups is 1. The zero-order valence-corrected chi connectivity index (χ0v) is 12.0. The van der Waals surface area contributed by atoms with Crippen LogP contribution in [0.2, 0.25) is 5.02 Å². The fourth-order valence-corrected chi connectivity index (χ4v) is 2.20. The molecule has 0 amide bonds. The lowest BCUT2D eigenvalue weighted by Crippen LogP contribution is -2.21. The number of hydrazone groups is 1. The number of anilines is 1. The highest BCUT2D eigenvalue weighted by Gasteiger charge is 2.17. The van der Waals surface area contributed by atoms with Crippen molar-refractivity contribution in [2.75, 3.05) is 12.2 Å². The molecule has 6 nitrogen and oxygen atoms in total. The SMILES string of the molecule is O=C([O-])c1ccc(N/N=C\c2cc(Cl)c3c(c2)OCO3)cc1. The summed E-state index contributed by atoms with van der Waals surface area (Å²) in [5.41, 5.74) is 4.29. The summed E-state index contributed by atoms with van der Waals surface area (Å²) in [5.74, 6) is -0.109. The van der Waals surface area contributed by atoms with Gasteiger partial charge in [-0.25, -0.2) is 0 Å². The molecule has 1 aliphatic rings. The Morgan fingerprint density at radius 1 is 1.27 bits per heavy atom. The van der Waals surface area contributed by atoms with Crippen LogP contribution in [-0.2, 0) is 0 Å². The molecule has 3 rings (SSSR count). The van der Waals surface area contributed by atoms with Crippen LogP contribution in [0.4, 0.5) is 5.69 Å². The monoisotopic (exact) mass is 317 g/mol. The Morgan fingerprint density at radius 3 is 2.77 bits per heavy atom. The van der Waals surface area contributed by atoms with Crippen molar-refractivity contribution in [1.82, 2.24) is 0 Å². The highest BCUT2D eigenvalue weighted by molar-refractivity contribution is 6.32. The molecule has 1 aliphatic heterocycles. The van der Waals surface area contributed by atoms with Gasteiger partial charge in [0.25, 0.3) is 0 Å². The Labute approximate surface area is 130 Å². The number of ether oxygens (including phenoxy) is 2. The Morgan fingerprint density at radius 2 is 2.05 bits per heavy atom. The third-order valence-corrected chi connectivity index (χ3v) is 3.26. The fraction of sp³-hybridized carbons (Fsp3) is 0.0667. The molecule has 0 unspecified atom stereocenters. The number of carboxylic acid groups (broad SMARTS) is 1. The molecule has 22 heavy (non-hydrogen) atoms. The van der Waals surface area contributed by atoms with Gasteiger partial charge in [0.05, 0.1) is 22.9 Å². The maximum atomic E-state index is 10.6.